The zero-order valence-corrected chi connectivity index (χ0v) is 29.4. The average molecular weight is 693 g/mol. The van der Waals surface area contributed by atoms with Crippen LogP contribution in [0.15, 0.2) is 72.8 Å². The normalized spacial score (nSPS) is 14.3. The number of nitriles is 1. The first-order valence-corrected chi connectivity index (χ1v) is 16.9. The summed E-state index contributed by atoms with van der Waals surface area (Å²) < 4.78 is 31.7. The molecule has 0 saturated carbocycles. The highest BCUT2D eigenvalue weighted by Gasteiger charge is 2.38. The Bertz CT molecular complexity index is 1620. The first kappa shape index (κ1) is 39.7. The van der Waals surface area contributed by atoms with E-state index < -0.39 is 12.1 Å². The number of benzene rings is 3. The van der Waals surface area contributed by atoms with Gasteiger partial charge in [-0.25, -0.2) is 4.79 Å². The second-order valence-corrected chi connectivity index (χ2v) is 13.8. The van der Waals surface area contributed by atoms with Crippen LogP contribution in [-0.2, 0) is 16.6 Å². The fourth-order valence-corrected chi connectivity index (χ4v) is 5.87. The maximum Gasteiger partial charge on any atom is 0.490 e. The molecule has 1 atom stereocenters. The van der Waals surface area contributed by atoms with E-state index >= 15 is 0 Å². The zero-order chi connectivity index (χ0) is 37.1. The van der Waals surface area contributed by atoms with Crippen molar-refractivity contribution in [2.75, 3.05) is 31.5 Å². The molecule has 3 aromatic rings. The largest absolute Gasteiger partial charge is 0.490 e. The second-order valence-electron chi connectivity index (χ2n) is 13.8. The lowest BCUT2D eigenvalue weighted by atomic mass is 9.87. The second kappa shape index (κ2) is 17.8. The summed E-state index contributed by atoms with van der Waals surface area (Å²) in [5, 5.41) is 19.2. The van der Waals surface area contributed by atoms with Crippen LogP contribution in [-0.4, -0.2) is 71.1 Å². The molecule has 8 nitrogen and oxygen atoms in total. The molecule has 268 valence electrons. The molecule has 1 fully saturated rings. The van der Waals surface area contributed by atoms with Gasteiger partial charge in [0.05, 0.1) is 11.6 Å². The fraction of sp³-hybridized carbons (Fsp3) is 0.436. The Labute approximate surface area is 292 Å². The van der Waals surface area contributed by atoms with Gasteiger partial charge in [-0.15, -0.1) is 0 Å². The van der Waals surface area contributed by atoms with Crippen molar-refractivity contribution in [1.29, 1.82) is 5.26 Å². The Morgan fingerprint density at radius 2 is 1.56 bits per heavy atom. The van der Waals surface area contributed by atoms with Gasteiger partial charge in [0.25, 0.3) is 11.8 Å². The van der Waals surface area contributed by atoms with Crippen molar-refractivity contribution in [3.8, 4) is 6.07 Å². The van der Waals surface area contributed by atoms with E-state index in [0.717, 1.165) is 57.5 Å². The summed E-state index contributed by atoms with van der Waals surface area (Å²) in [6, 6.07) is 25.5. The fourth-order valence-electron chi connectivity index (χ4n) is 5.87. The van der Waals surface area contributed by atoms with Crippen LogP contribution in [0.2, 0.25) is 0 Å². The molecule has 2 amide bonds. The number of carboxylic acid groups (broad SMARTS) is 1. The first-order valence-electron chi connectivity index (χ1n) is 16.9. The minimum Gasteiger partial charge on any atom is -0.475 e. The molecule has 0 aromatic heterocycles. The van der Waals surface area contributed by atoms with Gasteiger partial charge in [0.1, 0.15) is 0 Å². The molecule has 0 aliphatic carbocycles. The van der Waals surface area contributed by atoms with Crippen molar-refractivity contribution in [1.82, 2.24) is 9.80 Å². The Morgan fingerprint density at radius 3 is 2.08 bits per heavy atom. The third-order valence-corrected chi connectivity index (χ3v) is 8.76. The third-order valence-electron chi connectivity index (χ3n) is 8.76. The summed E-state index contributed by atoms with van der Waals surface area (Å²) in [4.78, 5) is 39.3. The standard InChI is InChI=1S/C37H46N4O2.C2HF3O2/c1-6-20-41(26-29-18-21-40(22-19-29)36(43)32-12-10-28(25-38)11-13-32)27(2)23-30-8-7-9-34(24-30)39-35(42)31-14-16-33(17-15-31)37(3,4)5;3-2(4,5)1(6)7/h7-17,24,27,29H,6,18-23,26H2,1-5H3,(H,39,42);(H,6,7). The topological polar surface area (TPSA) is 114 Å². The quantitative estimate of drug-likeness (QED) is 0.223. The molecular formula is C39H47F3N4O4. The maximum absolute atomic E-state index is 13.0. The molecule has 1 heterocycles. The number of alkyl halides is 3. The van der Waals surface area contributed by atoms with Crippen molar-refractivity contribution in [3.63, 3.8) is 0 Å². The van der Waals surface area contributed by atoms with E-state index in [0.29, 0.717) is 28.7 Å². The summed E-state index contributed by atoms with van der Waals surface area (Å²) >= 11 is 0. The Morgan fingerprint density at radius 1 is 0.980 bits per heavy atom. The molecule has 0 radical (unpaired) electrons. The Hall–Kier alpha value is -4.69. The number of nitrogens with one attached hydrogen (secondary N) is 1. The van der Waals surface area contributed by atoms with Crippen molar-refractivity contribution in [2.45, 2.75) is 77.9 Å². The minimum atomic E-state index is -5.08. The zero-order valence-electron chi connectivity index (χ0n) is 29.4. The number of carbonyl (C=O) groups is 3. The lowest BCUT2D eigenvalue weighted by molar-refractivity contribution is -0.192. The lowest BCUT2D eigenvalue weighted by Gasteiger charge is -2.37. The van der Waals surface area contributed by atoms with Gasteiger partial charge in [0.2, 0.25) is 0 Å². The van der Waals surface area contributed by atoms with Crippen molar-refractivity contribution >= 4 is 23.5 Å². The van der Waals surface area contributed by atoms with Crippen LogP contribution < -0.4 is 5.32 Å². The van der Waals surface area contributed by atoms with E-state index in [4.69, 9.17) is 15.2 Å². The van der Waals surface area contributed by atoms with Gasteiger partial charge in [-0.1, -0.05) is 52.0 Å². The highest BCUT2D eigenvalue weighted by Crippen LogP contribution is 2.24. The number of nitrogens with zero attached hydrogens (tertiary/aromatic N) is 3. The minimum absolute atomic E-state index is 0.0508. The molecule has 0 bridgehead atoms. The van der Waals surface area contributed by atoms with Crippen molar-refractivity contribution in [3.05, 3.63) is 101 Å². The molecule has 1 saturated heterocycles. The smallest absolute Gasteiger partial charge is 0.475 e. The molecule has 1 aliphatic heterocycles. The van der Waals surface area contributed by atoms with Crippen LogP contribution in [0.4, 0.5) is 18.9 Å². The van der Waals surface area contributed by atoms with Crippen molar-refractivity contribution < 1.29 is 32.7 Å². The lowest BCUT2D eigenvalue weighted by Crippen LogP contribution is -2.44. The van der Waals surface area contributed by atoms with Crippen molar-refractivity contribution in [2.24, 2.45) is 5.92 Å². The SMILES string of the molecule is CCCN(CC1CCN(C(=O)c2ccc(C#N)cc2)CC1)C(C)Cc1cccc(NC(=O)c2ccc(C(C)(C)C)cc2)c1.O=C(O)C(F)(F)F. The van der Waals surface area contributed by atoms with Crippen LogP contribution in [0.3, 0.4) is 0 Å². The maximum atomic E-state index is 13.0. The van der Waals surface area contributed by atoms with Gasteiger partial charge in [0, 0.05) is 42.5 Å². The van der Waals surface area contributed by atoms with Crippen LogP contribution >= 0.6 is 0 Å². The van der Waals surface area contributed by atoms with Gasteiger partial charge in [-0.3, -0.25) is 9.59 Å². The van der Waals surface area contributed by atoms with Gasteiger partial charge < -0.3 is 20.2 Å². The number of hydrogen-bond acceptors (Lipinski definition) is 5. The van der Waals surface area contributed by atoms with E-state index in [1.807, 2.05) is 41.3 Å². The number of anilines is 1. The molecule has 4 rings (SSSR count). The monoisotopic (exact) mass is 692 g/mol. The summed E-state index contributed by atoms with van der Waals surface area (Å²) in [5.74, 6) is -2.25. The van der Waals surface area contributed by atoms with Gasteiger partial charge in [-0.05, 0) is 110 Å². The molecule has 3 aromatic carbocycles. The van der Waals surface area contributed by atoms with Crippen LogP contribution in [0.1, 0.15) is 91.3 Å². The number of amides is 2. The molecule has 1 unspecified atom stereocenters. The summed E-state index contributed by atoms with van der Waals surface area (Å²) in [6.07, 6.45) is -1.11. The molecule has 1 aliphatic rings. The summed E-state index contributed by atoms with van der Waals surface area (Å²) in [5.41, 5.74) is 5.15. The molecular weight excluding hydrogens is 645 g/mol. The molecule has 50 heavy (non-hydrogen) atoms. The number of piperidine rings is 1. The van der Waals surface area contributed by atoms with E-state index in [-0.39, 0.29) is 17.2 Å². The number of likely N-dealkylation sites (tertiary alicyclic amines) is 1. The highest BCUT2D eigenvalue weighted by molar-refractivity contribution is 6.04. The van der Waals surface area contributed by atoms with E-state index in [2.05, 4.69) is 63.0 Å². The first-order chi connectivity index (χ1) is 23.5. The van der Waals surface area contributed by atoms with Gasteiger partial charge in [-0.2, -0.15) is 18.4 Å². The number of carbonyl (C=O) groups excluding carboxylic acids is 2. The predicted octanol–water partition coefficient (Wildman–Crippen LogP) is 7.94. The predicted molar refractivity (Wildman–Crippen MR) is 188 cm³/mol. The summed E-state index contributed by atoms with van der Waals surface area (Å²) in [6.45, 7) is 14.6. The number of hydrogen-bond donors (Lipinski definition) is 2. The van der Waals surface area contributed by atoms with E-state index in [1.165, 1.54) is 11.1 Å². The highest BCUT2D eigenvalue weighted by atomic mass is 19.4. The molecule has 2 N–H and O–H groups in total. The van der Waals surface area contributed by atoms with E-state index in [1.54, 1.807) is 24.3 Å². The number of carboxylic acids is 1. The van der Waals surface area contributed by atoms with Crippen LogP contribution in [0.25, 0.3) is 0 Å². The number of halogens is 3. The molecule has 11 heteroatoms. The van der Waals surface area contributed by atoms with Gasteiger partial charge in [0.15, 0.2) is 0 Å². The van der Waals surface area contributed by atoms with Crippen LogP contribution in [0.5, 0.6) is 0 Å². The Balaban J connectivity index is 0.000000872. The van der Waals surface area contributed by atoms with E-state index in [9.17, 15) is 22.8 Å². The van der Waals surface area contributed by atoms with Gasteiger partial charge >= 0.3 is 12.1 Å². The van der Waals surface area contributed by atoms with Crippen LogP contribution in [0, 0.1) is 17.2 Å². The number of aliphatic carboxylic acids is 1. The third kappa shape index (κ3) is 12.0. The number of rotatable bonds is 10. The molecule has 0 spiro atoms. The average Bonchev–Trinajstić information content (AvgIpc) is 3.08. The summed E-state index contributed by atoms with van der Waals surface area (Å²) in [7, 11) is 0. The Kier molecular flexibility index (Phi) is 14.2.